The molecule has 0 aliphatic heterocycles. The Morgan fingerprint density at radius 3 is 2.75 bits per heavy atom. The van der Waals surface area contributed by atoms with Crippen LogP contribution in [0.15, 0.2) is 6.20 Å². The van der Waals surface area contributed by atoms with Gasteiger partial charge in [-0.25, -0.2) is 4.98 Å². The largest absolute Gasteiger partial charge is 0.348 e. The number of aryl methyl sites for hydroxylation is 1. The van der Waals surface area contributed by atoms with Crippen LogP contribution in [-0.2, 0) is 0 Å². The van der Waals surface area contributed by atoms with Crippen molar-refractivity contribution in [3.63, 3.8) is 0 Å². The van der Waals surface area contributed by atoms with Crippen molar-refractivity contribution in [1.82, 2.24) is 10.3 Å². The van der Waals surface area contributed by atoms with Gasteiger partial charge in [0.25, 0.3) is 5.91 Å². The smallest absolute Gasteiger partial charge is 0.263 e. The van der Waals surface area contributed by atoms with Gasteiger partial charge in [-0.05, 0) is 19.3 Å². The van der Waals surface area contributed by atoms with Gasteiger partial charge in [-0.15, -0.1) is 11.3 Å². The molecular formula is C11H17BrN2OS. The Kier molecular flexibility index (Phi) is 5.41. The molecule has 0 aliphatic rings. The first-order valence-electron chi connectivity index (χ1n) is 5.34. The lowest BCUT2D eigenvalue weighted by Crippen LogP contribution is -2.38. The predicted molar refractivity (Wildman–Crippen MR) is 71.4 cm³/mol. The molecule has 3 nitrogen and oxygen atoms in total. The van der Waals surface area contributed by atoms with Crippen LogP contribution in [0.3, 0.4) is 0 Å². The fraction of sp³-hybridized carbons (Fsp3) is 0.636. The first-order valence-corrected chi connectivity index (χ1v) is 7.27. The Labute approximate surface area is 109 Å². The van der Waals surface area contributed by atoms with E-state index in [1.54, 1.807) is 6.20 Å². The molecule has 16 heavy (non-hydrogen) atoms. The zero-order chi connectivity index (χ0) is 12.1. The summed E-state index contributed by atoms with van der Waals surface area (Å²) in [7, 11) is 0. The van der Waals surface area contributed by atoms with E-state index in [0.29, 0.717) is 10.8 Å². The molecule has 0 spiro atoms. The van der Waals surface area contributed by atoms with E-state index >= 15 is 0 Å². The van der Waals surface area contributed by atoms with Crippen molar-refractivity contribution in [1.29, 1.82) is 0 Å². The summed E-state index contributed by atoms with van der Waals surface area (Å²) in [6, 6.07) is 0.217. The third-order valence-corrected chi connectivity index (χ3v) is 3.76. The highest BCUT2D eigenvalue weighted by Crippen LogP contribution is 2.14. The molecule has 1 unspecified atom stereocenters. The van der Waals surface area contributed by atoms with E-state index in [-0.39, 0.29) is 11.9 Å². The van der Waals surface area contributed by atoms with Crippen molar-refractivity contribution < 1.29 is 4.79 Å². The molecule has 0 saturated heterocycles. The van der Waals surface area contributed by atoms with Gasteiger partial charge in [-0.2, -0.15) is 0 Å². The number of carbonyl (C=O) groups is 1. The van der Waals surface area contributed by atoms with Gasteiger partial charge in [0.05, 0.1) is 11.2 Å². The SMILES string of the molecule is Cc1ncc(C(=O)NC(CCBr)C(C)C)s1. The number of hydrogen-bond acceptors (Lipinski definition) is 3. The van der Waals surface area contributed by atoms with E-state index in [4.69, 9.17) is 0 Å². The third kappa shape index (κ3) is 3.87. The Morgan fingerprint density at radius 2 is 2.31 bits per heavy atom. The zero-order valence-corrected chi connectivity index (χ0v) is 12.2. The molecule has 1 heterocycles. The van der Waals surface area contributed by atoms with Gasteiger partial charge in [0.15, 0.2) is 0 Å². The van der Waals surface area contributed by atoms with Crippen LogP contribution >= 0.6 is 27.3 Å². The first-order chi connectivity index (χ1) is 7.54. The number of rotatable bonds is 5. The van der Waals surface area contributed by atoms with Gasteiger partial charge in [0, 0.05) is 11.4 Å². The number of carbonyl (C=O) groups excluding carboxylic acids is 1. The number of hydrogen-bond donors (Lipinski definition) is 1. The molecule has 0 radical (unpaired) electrons. The molecule has 5 heteroatoms. The lowest BCUT2D eigenvalue weighted by molar-refractivity contribution is 0.0929. The molecule has 0 saturated carbocycles. The summed E-state index contributed by atoms with van der Waals surface area (Å²) in [5.74, 6) is 0.431. The van der Waals surface area contributed by atoms with Gasteiger partial charge >= 0.3 is 0 Å². The molecule has 1 rings (SSSR count). The third-order valence-electron chi connectivity index (χ3n) is 2.39. The minimum absolute atomic E-state index is 0.00903. The number of halogens is 1. The monoisotopic (exact) mass is 304 g/mol. The second-order valence-electron chi connectivity index (χ2n) is 4.05. The quantitative estimate of drug-likeness (QED) is 0.850. The van der Waals surface area contributed by atoms with Gasteiger partial charge in [-0.3, -0.25) is 4.79 Å². The second-order valence-corrected chi connectivity index (χ2v) is 6.07. The summed E-state index contributed by atoms with van der Waals surface area (Å²) in [5, 5.41) is 4.87. The highest BCUT2D eigenvalue weighted by molar-refractivity contribution is 9.09. The molecule has 0 aliphatic carbocycles. The Balaban J connectivity index is 2.61. The van der Waals surface area contributed by atoms with Gasteiger partial charge in [0.2, 0.25) is 0 Å². The number of alkyl halides is 1. The van der Waals surface area contributed by atoms with Crippen LogP contribution in [0, 0.1) is 12.8 Å². The average Bonchev–Trinajstić information content (AvgIpc) is 2.64. The number of nitrogens with one attached hydrogen (secondary N) is 1. The Bertz CT molecular complexity index is 352. The van der Waals surface area contributed by atoms with E-state index in [1.807, 2.05) is 6.92 Å². The summed E-state index contributed by atoms with van der Waals surface area (Å²) < 4.78 is 0. The van der Waals surface area contributed by atoms with Crippen LogP contribution in [0.4, 0.5) is 0 Å². The number of amides is 1. The molecule has 1 N–H and O–H groups in total. The molecule has 1 amide bonds. The van der Waals surface area contributed by atoms with Crippen LogP contribution in [0.2, 0.25) is 0 Å². The van der Waals surface area contributed by atoms with Crippen LogP contribution in [0.25, 0.3) is 0 Å². The summed E-state index contributed by atoms with van der Waals surface area (Å²) in [5.41, 5.74) is 0. The molecule has 1 aromatic heterocycles. The maximum Gasteiger partial charge on any atom is 0.263 e. The van der Waals surface area contributed by atoms with E-state index in [1.165, 1.54) is 11.3 Å². The molecule has 1 aromatic rings. The Morgan fingerprint density at radius 1 is 1.62 bits per heavy atom. The lowest BCUT2D eigenvalue weighted by Gasteiger charge is -2.20. The van der Waals surface area contributed by atoms with Crippen molar-refractivity contribution in [3.05, 3.63) is 16.1 Å². The van der Waals surface area contributed by atoms with Crippen molar-refractivity contribution in [2.45, 2.75) is 33.2 Å². The summed E-state index contributed by atoms with van der Waals surface area (Å²) in [4.78, 5) is 16.7. The minimum atomic E-state index is -0.00903. The normalized spacial score (nSPS) is 12.8. The van der Waals surface area contributed by atoms with Crippen molar-refractivity contribution in [2.75, 3.05) is 5.33 Å². The average molecular weight is 305 g/mol. The lowest BCUT2D eigenvalue weighted by atomic mass is 10.0. The Hall–Kier alpha value is -0.420. The van der Waals surface area contributed by atoms with E-state index in [0.717, 1.165) is 16.8 Å². The standard InChI is InChI=1S/C11H17BrN2OS/c1-7(2)9(4-5-12)14-11(15)10-6-13-8(3)16-10/h6-7,9H,4-5H2,1-3H3,(H,14,15). The number of nitrogens with zero attached hydrogens (tertiary/aromatic N) is 1. The molecule has 0 bridgehead atoms. The minimum Gasteiger partial charge on any atom is -0.348 e. The molecular weight excluding hydrogens is 288 g/mol. The highest BCUT2D eigenvalue weighted by atomic mass is 79.9. The zero-order valence-electron chi connectivity index (χ0n) is 9.79. The highest BCUT2D eigenvalue weighted by Gasteiger charge is 2.17. The van der Waals surface area contributed by atoms with Crippen LogP contribution in [0.5, 0.6) is 0 Å². The summed E-state index contributed by atoms with van der Waals surface area (Å²) >= 11 is 4.84. The van der Waals surface area contributed by atoms with E-state index < -0.39 is 0 Å². The number of thiazole rings is 1. The summed E-state index contributed by atoms with van der Waals surface area (Å²) in [6.45, 7) is 6.14. The predicted octanol–water partition coefficient (Wildman–Crippen LogP) is 2.99. The van der Waals surface area contributed by atoms with E-state index in [2.05, 4.69) is 40.1 Å². The van der Waals surface area contributed by atoms with Crippen molar-refractivity contribution in [3.8, 4) is 0 Å². The molecule has 0 fully saturated rings. The van der Waals surface area contributed by atoms with Gasteiger partial charge in [0.1, 0.15) is 4.88 Å². The molecule has 90 valence electrons. The fourth-order valence-corrected chi connectivity index (χ4v) is 2.57. The second kappa shape index (κ2) is 6.35. The van der Waals surface area contributed by atoms with Gasteiger partial charge in [-0.1, -0.05) is 29.8 Å². The molecule has 1 atom stereocenters. The fourth-order valence-electron chi connectivity index (χ4n) is 1.40. The van der Waals surface area contributed by atoms with Crippen molar-refractivity contribution >= 4 is 33.2 Å². The van der Waals surface area contributed by atoms with E-state index in [9.17, 15) is 4.79 Å². The topological polar surface area (TPSA) is 42.0 Å². The summed E-state index contributed by atoms with van der Waals surface area (Å²) in [6.07, 6.45) is 2.59. The van der Waals surface area contributed by atoms with Crippen LogP contribution in [-0.4, -0.2) is 22.3 Å². The maximum atomic E-state index is 11.9. The number of aromatic nitrogens is 1. The van der Waals surface area contributed by atoms with Crippen LogP contribution < -0.4 is 5.32 Å². The van der Waals surface area contributed by atoms with Gasteiger partial charge < -0.3 is 5.32 Å². The molecule has 0 aromatic carbocycles. The van der Waals surface area contributed by atoms with Crippen LogP contribution in [0.1, 0.15) is 34.9 Å². The van der Waals surface area contributed by atoms with Crippen molar-refractivity contribution in [2.24, 2.45) is 5.92 Å². The first kappa shape index (κ1) is 13.6. The maximum absolute atomic E-state index is 11.9.